The summed E-state index contributed by atoms with van der Waals surface area (Å²) < 4.78 is 6.65. The lowest BCUT2D eigenvalue weighted by Gasteiger charge is -2.12. The molecule has 0 unspecified atom stereocenters. The highest BCUT2D eigenvalue weighted by molar-refractivity contribution is 9.10. The second kappa shape index (κ2) is 4.73. The van der Waals surface area contributed by atoms with Crippen molar-refractivity contribution in [1.29, 1.82) is 0 Å². The molecule has 5 nitrogen and oxygen atoms in total. The molecule has 0 radical (unpaired) electrons. The maximum Gasteiger partial charge on any atom is 0.354 e. The lowest BCUT2D eigenvalue weighted by Crippen LogP contribution is -2.21. The van der Waals surface area contributed by atoms with Gasteiger partial charge in [-0.15, -0.1) is 0 Å². The van der Waals surface area contributed by atoms with E-state index in [-0.39, 0.29) is 26.8 Å². The van der Waals surface area contributed by atoms with Crippen LogP contribution in [-0.4, -0.2) is 9.67 Å². The molecule has 0 atom stereocenters. The molecule has 3 aromatic rings. The van der Waals surface area contributed by atoms with E-state index in [0.29, 0.717) is 17.4 Å². The molecule has 0 aliphatic heterocycles. The highest BCUT2D eigenvalue weighted by Crippen LogP contribution is 2.31. The third-order valence-electron chi connectivity index (χ3n) is 3.51. The third kappa shape index (κ3) is 1.90. The molecule has 0 aliphatic rings. The first-order chi connectivity index (χ1) is 9.95. The maximum atomic E-state index is 12.6. The number of rotatable bonds is 1. The summed E-state index contributed by atoms with van der Waals surface area (Å²) in [4.78, 5) is 24.3. The van der Waals surface area contributed by atoms with Gasteiger partial charge in [-0.2, -0.15) is 0 Å². The molecule has 0 saturated heterocycles. The highest BCUT2D eigenvalue weighted by Gasteiger charge is 2.19. The maximum absolute atomic E-state index is 12.6. The summed E-state index contributed by atoms with van der Waals surface area (Å²) in [6.07, 6.45) is 0. The fourth-order valence-corrected chi connectivity index (χ4v) is 2.79. The molecule has 0 spiro atoms. The molecule has 108 valence electrons. The van der Waals surface area contributed by atoms with Crippen molar-refractivity contribution in [1.82, 2.24) is 4.57 Å². The number of pyridine rings is 1. The number of fused-ring (bicyclic) bond motifs is 3. The number of aromatic hydroxyl groups is 1. The Hall–Kier alpha value is -2.08. The first kappa shape index (κ1) is 13.9. The summed E-state index contributed by atoms with van der Waals surface area (Å²) in [5.74, 6) is -0.379. The van der Waals surface area contributed by atoms with E-state index in [9.17, 15) is 14.7 Å². The normalized spacial score (nSPS) is 11.4. The first-order valence-corrected chi connectivity index (χ1v) is 7.23. The van der Waals surface area contributed by atoms with E-state index in [1.807, 2.05) is 26.0 Å². The van der Waals surface area contributed by atoms with Gasteiger partial charge in [-0.05, 0) is 47.5 Å². The van der Waals surface area contributed by atoms with E-state index in [0.717, 1.165) is 5.56 Å². The summed E-state index contributed by atoms with van der Waals surface area (Å²) in [5.41, 5.74) is 0.695. The molecular formula is C15H12BrNO4. The van der Waals surface area contributed by atoms with Crippen molar-refractivity contribution >= 4 is 37.8 Å². The third-order valence-corrected chi connectivity index (χ3v) is 4.21. The van der Waals surface area contributed by atoms with E-state index in [1.54, 1.807) is 10.6 Å². The molecule has 6 heteroatoms. The zero-order valence-electron chi connectivity index (χ0n) is 11.4. The van der Waals surface area contributed by atoms with Gasteiger partial charge in [-0.1, -0.05) is 6.07 Å². The van der Waals surface area contributed by atoms with Crippen LogP contribution in [0.4, 0.5) is 0 Å². The molecule has 1 N–H and O–H groups in total. The summed E-state index contributed by atoms with van der Waals surface area (Å²) >= 11 is 2.95. The molecule has 1 aromatic carbocycles. The SMILES string of the molecule is CCn1c(=O)c2c(O)c(Br)c(=O)oc2c2ccc(C)cc21. The second-order valence-corrected chi connectivity index (χ2v) is 5.62. The highest BCUT2D eigenvalue weighted by atomic mass is 79.9. The Morgan fingerprint density at radius 2 is 2.05 bits per heavy atom. The number of hydrogen-bond acceptors (Lipinski definition) is 4. The molecule has 0 aliphatic carbocycles. The molecular weight excluding hydrogens is 338 g/mol. The van der Waals surface area contributed by atoms with Gasteiger partial charge in [0.2, 0.25) is 0 Å². The molecule has 2 heterocycles. The van der Waals surface area contributed by atoms with Crippen LogP contribution in [0.15, 0.2) is 36.7 Å². The first-order valence-electron chi connectivity index (χ1n) is 6.44. The van der Waals surface area contributed by atoms with Crippen LogP contribution in [0.5, 0.6) is 5.75 Å². The fourth-order valence-electron chi connectivity index (χ4n) is 2.51. The van der Waals surface area contributed by atoms with Gasteiger partial charge in [0.15, 0.2) is 11.3 Å². The molecule has 2 aromatic heterocycles. The molecule has 0 fully saturated rings. The summed E-state index contributed by atoms with van der Waals surface area (Å²) in [6, 6.07) is 5.51. The minimum atomic E-state index is -0.712. The lowest BCUT2D eigenvalue weighted by atomic mass is 10.1. The number of nitrogens with zero attached hydrogens (tertiary/aromatic N) is 1. The van der Waals surface area contributed by atoms with Crippen LogP contribution in [0.1, 0.15) is 12.5 Å². The van der Waals surface area contributed by atoms with Crippen molar-refractivity contribution in [3.05, 3.63) is 49.0 Å². The molecule has 0 amide bonds. The second-order valence-electron chi connectivity index (χ2n) is 4.83. The van der Waals surface area contributed by atoms with Crippen molar-refractivity contribution in [3.8, 4) is 5.75 Å². The van der Waals surface area contributed by atoms with Gasteiger partial charge >= 0.3 is 5.63 Å². The lowest BCUT2D eigenvalue weighted by molar-refractivity contribution is 0.462. The molecule has 3 rings (SSSR count). The van der Waals surface area contributed by atoms with Crippen molar-refractivity contribution < 1.29 is 9.52 Å². The summed E-state index contributed by atoms with van der Waals surface area (Å²) in [5, 5.41) is 10.8. The summed E-state index contributed by atoms with van der Waals surface area (Å²) in [7, 11) is 0. The minimum Gasteiger partial charge on any atom is -0.506 e. The van der Waals surface area contributed by atoms with Crippen molar-refractivity contribution in [2.45, 2.75) is 20.4 Å². The van der Waals surface area contributed by atoms with Crippen LogP contribution in [-0.2, 0) is 6.54 Å². The van der Waals surface area contributed by atoms with Gasteiger partial charge in [-0.25, -0.2) is 4.79 Å². The van der Waals surface area contributed by atoms with E-state index >= 15 is 0 Å². The Bertz CT molecular complexity index is 1000. The zero-order chi connectivity index (χ0) is 15.3. The van der Waals surface area contributed by atoms with Gasteiger partial charge in [-0.3, -0.25) is 4.79 Å². The molecule has 0 bridgehead atoms. The van der Waals surface area contributed by atoms with Crippen molar-refractivity contribution in [2.75, 3.05) is 0 Å². The number of aryl methyl sites for hydroxylation is 2. The smallest absolute Gasteiger partial charge is 0.354 e. The Kier molecular flexibility index (Phi) is 3.13. The number of benzene rings is 1. The van der Waals surface area contributed by atoms with Crippen LogP contribution in [0.3, 0.4) is 0 Å². The van der Waals surface area contributed by atoms with Crippen molar-refractivity contribution in [3.63, 3.8) is 0 Å². The van der Waals surface area contributed by atoms with Gasteiger partial charge < -0.3 is 14.1 Å². The average molecular weight is 350 g/mol. The average Bonchev–Trinajstić information content (AvgIpc) is 2.44. The Balaban J connectivity index is 2.74. The molecule has 21 heavy (non-hydrogen) atoms. The van der Waals surface area contributed by atoms with Crippen molar-refractivity contribution in [2.24, 2.45) is 0 Å². The van der Waals surface area contributed by atoms with Crippen LogP contribution in [0.25, 0.3) is 21.9 Å². The largest absolute Gasteiger partial charge is 0.506 e. The Labute approximate surface area is 127 Å². The number of halogens is 1. The van der Waals surface area contributed by atoms with Crippen LogP contribution >= 0.6 is 15.9 Å². The minimum absolute atomic E-state index is 0.0136. The predicted octanol–water partition coefficient (Wildman–Crippen LogP) is 2.90. The van der Waals surface area contributed by atoms with Crippen LogP contribution in [0, 0.1) is 6.92 Å². The summed E-state index contributed by atoms with van der Waals surface area (Å²) in [6.45, 7) is 4.22. The Morgan fingerprint density at radius 1 is 1.33 bits per heavy atom. The zero-order valence-corrected chi connectivity index (χ0v) is 13.0. The van der Waals surface area contributed by atoms with Gasteiger partial charge in [0.1, 0.15) is 9.86 Å². The fraction of sp³-hybridized carbons (Fsp3) is 0.200. The van der Waals surface area contributed by atoms with Gasteiger partial charge in [0.05, 0.1) is 5.52 Å². The monoisotopic (exact) mass is 349 g/mol. The van der Waals surface area contributed by atoms with E-state index in [4.69, 9.17) is 4.42 Å². The van der Waals surface area contributed by atoms with E-state index in [1.165, 1.54) is 0 Å². The van der Waals surface area contributed by atoms with Gasteiger partial charge in [0, 0.05) is 11.9 Å². The van der Waals surface area contributed by atoms with Gasteiger partial charge in [0.25, 0.3) is 5.56 Å². The number of aromatic nitrogens is 1. The predicted molar refractivity (Wildman–Crippen MR) is 84.0 cm³/mol. The number of hydrogen-bond donors (Lipinski definition) is 1. The van der Waals surface area contributed by atoms with E-state index < -0.39 is 5.63 Å². The van der Waals surface area contributed by atoms with E-state index in [2.05, 4.69) is 15.9 Å². The quantitative estimate of drug-likeness (QED) is 0.685. The topological polar surface area (TPSA) is 72.4 Å². The Morgan fingerprint density at radius 3 is 2.71 bits per heavy atom. The van der Waals surface area contributed by atoms with Crippen LogP contribution < -0.4 is 11.2 Å². The standard InChI is InChI=1S/C15H12BrNO4/c1-3-17-9-6-7(2)4-5-8(9)13-10(14(17)19)12(18)11(16)15(20)21-13/h4-6,18H,3H2,1-2H3. The molecule has 0 saturated carbocycles. The van der Waals surface area contributed by atoms with Crippen LogP contribution in [0.2, 0.25) is 0 Å².